The van der Waals surface area contributed by atoms with E-state index >= 15 is 0 Å². The molecule has 21 heavy (non-hydrogen) atoms. The summed E-state index contributed by atoms with van der Waals surface area (Å²) in [6, 6.07) is 0. The summed E-state index contributed by atoms with van der Waals surface area (Å²) in [5.41, 5.74) is 0. The lowest BCUT2D eigenvalue weighted by atomic mass is 10.1. The van der Waals surface area contributed by atoms with Crippen LogP contribution >= 0.6 is 0 Å². The number of carboxylic acid groups (broad SMARTS) is 1. The van der Waals surface area contributed by atoms with Crippen LogP contribution in [0.4, 0.5) is 0 Å². The van der Waals surface area contributed by atoms with Crippen LogP contribution < -0.4 is 0 Å². The van der Waals surface area contributed by atoms with Gasteiger partial charge >= 0.3 is 5.97 Å². The molecule has 3 heteroatoms. The lowest BCUT2D eigenvalue weighted by molar-refractivity contribution is -0.137. The lowest BCUT2D eigenvalue weighted by Crippen LogP contribution is -1.93. The molecule has 2 nitrogen and oxygen atoms in total. The predicted octanol–water partition coefficient (Wildman–Crippen LogP) is 4.70. The molecular formula is C18H35AlO2. The van der Waals surface area contributed by atoms with Crippen LogP contribution in [0.15, 0.2) is 24.3 Å². The molecule has 0 aromatic heterocycles. The van der Waals surface area contributed by atoms with Crippen LogP contribution in [0.25, 0.3) is 0 Å². The Hall–Kier alpha value is -0.518. The third kappa shape index (κ3) is 21.9. The molecule has 0 amide bonds. The van der Waals surface area contributed by atoms with Crippen molar-refractivity contribution in [3.63, 3.8) is 0 Å². The van der Waals surface area contributed by atoms with E-state index in [4.69, 9.17) is 5.11 Å². The molecule has 0 heterocycles. The number of rotatable bonds is 14. The number of aliphatic carboxylic acids is 1. The van der Waals surface area contributed by atoms with Crippen molar-refractivity contribution in [1.82, 2.24) is 0 Å². The molecule has 0 unspecified atom stereocenters. The van der Waals surface area contributed by atoms with Crippen molar-refractivity contribution in [3.05, 3.63) is 24.3 Å². The van der Waals surface area contributed by atoms with E-state index in [-0.39, 0.29) is 17.4 Å². The van der Waals surface area contributed by atoms with Crippen LogP contribution in [0.1, 0.15) is 84.0 Å². The van der Waals surface area contributed by atoms with Gasteiger partial charge in [0.05, 0.1) is 0 Å². The van der Waals surface area contributed by atoms with Crippen molar-refractivity contribution in [2.24, 2.45) is 0 Å². The van der Waals surface area contributed by atoms with Gasteiger partial charge in [-0.05, 0) is 38.5 Å². The summed E-state index contributed by atoms with van der Waals surface area (Å²) in [4.78, 5) is 10.3. The van der Waals surface area contributed by atoms with Crippen LogP contribution in [0.3, 0.4) is 0 Å². The molecule has 0 radical (unpaired) electrons. The first-order chi connectivity index (χ1) is 9.77. The number of carbonyl (C=O) groups is 1. The summed E-state index contributed by atoms with van der Waals surface area (Å²) in [5, 5.41) is 8.50. The Morgan fingerprint density at radius 1 is 0.810 bits per heavy atom. The Morgan fingerprint density at radius 3 is 1.90 bits per heavy atom. The summed E-state index contributed by atoms with van der Waals surface area (Å²) < 4.78 is 0. The van der Waals surface area contributed by atoms with Crippen molar-refractivity contribution < 1.29 is 9.90 Å². The van der Waals surface area contributed by atoms with Crippen LogP contribution in [-0.4, -0.2) is 28.4 Å². The van der Waals surface area contributed by atoms with E-state index in [0.29, 0.717) is 6.42 Å². The molecule has 1 N–H and O–H groups in total. The highest BCUT2D eigenvalue weighted by Gasteiger charge is 1.95. The standard InChI is InChI=1S/C18H32O2.Al.3H/c1-2-3-4-5-6-7-8-9-10-11-12-13-14-15-16-17-18(19)20;;;;/h6-7,9-10H,2-5,8,11-17H2,1H3,(H,19,20);;;;/b7-6-,10-9-;;;;. The van der Waals surface area contributed by atoms with Gasteiger partial charge in [0.2, 0.25) is 0 Å². The lowest BCUT2D eigenvalue weighted by Gasteiger charge is -1.98. The molecule has 0 saturated heterocycles. The maximum Gasteiger partial charge on any atom is 0.303 e. The van der Waals surface area contributed by atoms with Crippen molar-refractivity contribution in [3.8, 4) is 0 Å². The second kappa shape index (κ2) is 19.5. The van der Waals surface area contributed by atoms with Gasteiger partial charge in [-0.2, -0.15) is 0 Å². The van der Waals surface area contributed by atoms with Crippen molar-refractivity contribution in [2.45, 2.75) is 84.0 Å². The minimum absolute atomic E-state index is 0. The molecule has 0 atom stereocenters. The summed E-state index contributed by atoms with van der Waals surface area (Å²) in [6.07, 6.45) is 22.3. The number of carboxylic acids is 1. The highest BCUT2D eigenvalue weighted by atomic mass is 27.0. The Labute approximate surface area is 141 Å². The monoisotopic (exact) mass is 310 g/mol. The van der Waals surface area contributed by atoms with Gasteiger partial charge < -0.3 is 5.11 Å². The molecule has 0 bridgehead atoms. The van der Waals surface area contributed by atoms with Gasteiger partial charge in [-0.25, -0.2) is 0 Å². The van der Waals surface area contributed by atoms with Gasteiger partial charge in [0.25, 0.3) is 0 Å². The summed E-state index contributed by atoms with van der Waals surface area (Å²) >= 11 is 0. The fourth-order valence-corrected chi connectivity index (χ4v) is 2.09. The van der Waals surface area contributed by atoms with E-state index < -0.39 is 5.97 Å². The summed E-state index contributed by atoms with van der Waals surface area (Å²) in [7, 11) is 0. The van der Waals surface area contributed by atoms with Crippen molar-refractivity contribution in [2.75, 3.05) is 0 Å². The Kier molecular flexibility index (Phi) is 21.1. The van der Waals surface area contributed by atoms with Crippen molar-refractivity contribution >= 4 is 23.3 Å². The number of allylic oxidation sites excluding steroid dienone is 4. The second-order valence-electron chi connectivity index (χ2n) is 5.37. The average molecular weight is 310 g/mol. The quantitative estimate of drug-likeness (QED) is 0.287. The molecule has 0 aromatic carbocycles. The SMILES string of the molecule is CCCCC/C=C\C/C=C\CCCCCCCC(=O)O.[AlH3]. The largest absolute Gasteiger partial charge is 0.481 e. The average Bonchev–Trinajstić information content (AvgIpc) is 2.43. The number of hydrogen-bond donors (Lipinski definition) is 1. The zero-order valence-corrected chi connectivity index (χ0v) is 13.2. The molecule has 0 rings (SSSR count). The molecule has 0 aromatic rings. The Balaban J connectivity index is 0. The highest BCUT2D eigenvalue weighted by Crippen LogP contribution is 2.08. The van der Waals surface area contributed by atoms with Gasteiger partial charge in [-0.15, -0.1) is 0 Å². The molecule has 122 valence electrons. The minimum atomic E-state index is -0.671. The first-order valence-corrected chi connectivity index (χ1v) is 8.29. The molecule has 0 fully saturated rings. The summed E-state index contributed by atoms with van der Waals surface area (Å²) in [5.74, 6) is -0.671. The van der Waals surface area contributed by atoms with Gasteiger partial charge in [0, 0.05) is 6.42 Å². The first kappa shape index (κ1) is 22.8. The van der Waals surface area contributed by atoms with E-state index in [1.54, 1.807) is 0 Å². The molecular weight excluding hydrogens is 275 g/mol. The molecule has 0 aliphatic carbocycles. The molecule has 0 aliphatic rings. The van der Waals surface area contributed by atoms with Crippen LogP contribution in [0, 0.1) is 0 Å². The van der Waals surface area contributed by atoms with E-state index in [2.05, 4.69) is 31.2 Å². The predicted molar refractivity (Wildman–Crippen MR) is 96.9 cm³/mol. The van der Waals surface area contributed by atoms with Crippen LogP contribution in [0.2, 0.25) is 0 Å². The Morgan fingerprint density at radius 2 is 1.33 bits per heavy atom. The third-order valence-corrected chi connectivity index (χ3v) is 3.34. The maximum absolute atomic E-state index is 10.3. The molecule has 0 aliphatic heterocycles. The van der Waals surface area contributed by atoms with Gasteiger partial charge in [-0.3, -0.25) is 4.79 Å². The van der Waals surface area contributed by atoms with Crippen LogP contribution in [0.5, 0.6) is 0 Å². The van der Waals surface area contributed by atoms with E-state index in [0.717, 1.165) is 25.7 Å². The zero-order valence-electron chi connectivity index (χ0n) is 13.2. The zero-order chi connectivity index (χ0) is 14.9. The third-order valence-electron chi connectivity index (χ3n) is 3.34. The van der Waals surface area contributed by atoms with E-state index in [1.165, 1.54) is 44.9 Å². The Bertz CT molecular complexity index is 272. The highest BCUT2D eigenvalue weighted by molar-refractivity contribution is 5.75. The van der Waals surface area contributed by atoms with Gasteiger partial charge in [0.1, 0.15) is 0 Å². The maximum atomic E-state index is 10.3. The smallest absolute Gasteiger partial charge is 0.303 e. The number of hydrogen-bond acceptors (Lipinski definition) is 1. The summed E-state index contributed by atoms with van der Waals surface area (Å²) in [6.45, 7) is 2.23. The number of unbranched alkanes of at least 4 members (excludes halogenated alkanes) is 8. The van der Waals surface area contributed by atoms with Gasteiger partial charge in [0.15, 0.2) is 17.4 Å². The topological polar surface area (TPSA) is 37.3 Å². The first-order valence-electron chi connectivity index (χ1n) is 8.29. The van der Waals surface area contributed by atoms with Crippen LogP contribution in [-0.2, 0) is 4.79 Å². The van der Waals surface area contributed by atoms with E-state index in [9.17, 15) is 4.79 Å². The molecule has 0 spiro atoms. The normalized spacial score (nSPS) is 11.1. The van der Waals surface area contributed by atoms with E-state index in [1.807, 2.05) is 0 Å². The van der Waals surface area contributed by atoms with Gasteiger partial charge in [-0.1, -0.05) is 63.3 Å². The molecule has 0 saturated carbocycles. The second-order valence-corrected chi connectivity index (χ2v) is 5.37. The van der Waals surface area contributed by atoms with Crippen molar-refractivity contribution in [1.29, 1.82) is 0 Å². The fraction of sp³-hybridized carbons (Fsp3) is 0.722. The minimum Gasteiger partial charge on any atom is -0.481 e. The fourth-order valence-electron chi connectivity index (χ4n) is 2.09.